The van der Waals surface area contributed by atoms with Crippen LogP contribution in [-0.4, -0.2) is 34.4 Å². The van der Waals surface area contributed by atoms with E-state index in [4.69, 9.17) is 0 Å². The van der Waals surface area contributed by atoms with Gasteiger partial charge in [0.2, 0.25) is 10.0 Å². The van der Waals surface area contributed by atoms with Crippen LogP contribution < -0.4 is 4.72 Å². The Labute approximate surface area is 105 Å². The first-order valence-corrected chi connectivity index (χ1v) is 7.01. The van der Waals surface area contributed by atoms with Crippen LogP contribution in [-0.2, 0) is 10.0 Å². The molecule has 0 radical (unpaired) electrons. The van der Waals surface area contributed by atoms with Crippen LogP contribution >= 0.6 is 0 Å². The van der Waals surface area contributed by atoms with E-state index >= 15 is 0 Å². The Balaban J connectivity index is 2.31. The van der Waals surface area contributed by atoms with Crippen LogP contribution in [0.5, 0.6) is 0 Å². The lowest BCUT2D eigenvalue weighted by Crippen LogP contribution is -2.14. The Morgan fingerprint density at radius 2 is 2.17 bits per heavy atom. The van der Waals surface area contributed by atoms with Gasteiger partial charge in [-0.2, -0.15) is 0 Å². The summed E-state index contributed by atoms with van der Waals surface area (Å²) in [5.74, 6) is 0.0425. The van der Waals surface area contributed by atoms with Gasteiger partial charge in [0.05, 0.1) is 11.4 Å². The number of aromatic nitrogens is 4. The number of anilines is 1. The van der Waals surface area contributed by atoms with Gasteiger partial charge in [0.25, 0.3) is 0 Å². The lowest BCUT2D eigenvalue weighted by molar-refractivity contribution is 0.602. The normalized spacial score (nSPS) is 11.4. The number of hydrogen-bond donors (Lipinski definition) is 1. The van der Waals surface area contributed by atoms with E-state index < -0.39 is 10.0 Å². The number of nitrogens with zero attached hydrogens (tertiary/aromatic N) is 4. The first kappa shape index (κ1) is 12.5. The predicted molar refractivity (Wildman–Crippen MR) is 67.0 cm³/mol. The zero-order valence-corrected chi connectivity index (χ0v) is 10.8. The van der Waals surface area contributed by atoms with Gasteiger partial charge in [-0.3, -0.25) is 4.72 Å². The third kappa shape index (κ3) is 2.65. The van der Waals surface area contributed by atoms with Gasteiger partial charge in [0.1, 0.15) is 6.33 Å². The Morgan fingerprint density at radius 1 is 1.39 bits per heavy atom. The topological polar surface area (TPSA) is 89.8 Å². The molecule has 0 fully saturated rings. The molecule has 0 atom stereocenters. The van der Waals surface area contributed by atoms with Gasteiger partial charge in [-0.15, -0.1) is 5.10 Å². The summed E-state index contributed by atoms with van der Waals surface area (Å²) in [7, 11) is -3.25. The lowest BCUT2D eigenvalue weighted by atomic mass is 10.2. The molecule has 0 saturated heterocycles. The fourth-order valence-corrected chi connectivity index (χ4v) is 2.13. The zero-order chi connectivity index (χ0) is 13.2. The molecule has 7 nitrogen and oxygen atoms in total. The second kappa shape index (κ2) is 4.73. The van der Waals surface area contributed by atoms with E-state index in [9.17, 15) is 8.42 Å². The van der Waals surface area contributed by atoms with E-state index in [1.54, 1.807) is 25.1 Å². The maximum atomic E-state index is 11.4. The molecule has 0 saturated carbocycles. The third-order valence-corrected chi connectivity index (χ3v) is 3.75. The summed E-state index contributed by atoms with van der Waals surface area (Å²) in [6, 6.07) is 5.18. The quantitative estimate of drug-likeness (QED) is 0.882. The molecule has 0 amide bonds. The number of rotatable bonds is 4. The summed E-state index contributed by atoms with van der Waals surface area (Å²) in [6.45, 7) is 3.45. The highest BCUT2D eigenvalue weighted by atomic mass is 32.2. The van der Waals surface area contributed by atoms with Crippen molar-refractivity contribution >= 4 is 15.7 Å². The molecule has 2 rings (SSSR count). The smallest absolute Gasteiger partial charge is 0.232 e. The Hall–Kier alpha value is -1.96. The maximum absolute atomic E-state index is 11.4. The maximum Gasteiger partial charge on any atom is 0.232 e. The lowest BCUT2D eigenvalue weighted by Gasteiger charge is -2.09. The van der Waals surface area contributed by atoms with Crippen LogP contribution in [0.15, 0.2) is 24.5 Å². The Kier molecular flexibility index (Phi) is 3.28. The molecule has 8 heteroatoms. The predicted octanol–water partition coefficient (Wildman–Crippen LogP) is 0.732. The molecule has 0 aliphatic heterocycles. The van der Waals surface area contributed by atoms with Crippen LogP contribution in [0.1, 0.15) is 12.5 Å². The van der Waals surface area contributed by atoms with E-state index in [1.165, 1.54) is 11.0 Å². The molecule has 1 aromatic heterocycles. The molecule has 0 spiro atoms. The Morgan fingerprint density at radius 3 is 2.72 bits per heavy atom. The van der Waals surface area contributed by atoms with Gasteiger partial charge in [0.15, 0.2) is 0 Å². The van der Waals surface area contributed by atoms with Crippen molar-refractivity contribution in [3.63, 3.8) is 0 Å². The average molecular weight is 267 g/mol. The number of nitrogens with one attached hydrogen (secondary N) is 1. The van der Waals surface area contributed by atoms with Crippen molar-refractivity contribution in [3.05, 3.63) is 30.1 Å². The molecule has 2 aromatic rings. The summed E-state index contributed by atoms with van der Waals surface area (Å²) < 4.78 is 26.9. The summed E-state index contributed by atoms with van der Waals surface area (Å²) in [5, 5.41) is 10.9. The van der Waals surface area contributed by atoms with Crippen LogP contribution in [0, 0.1) is 6.92 Å². The molecule has 0 aliphatic carbocycles. The van der Waals surface area contributed by atoms with Crippen LogP contribution in [0.25, 0.3) is 5.69 Å². The van der Waals surface area contributed by atoms with Crippen LogP contribution in [0.4, 0.5) is 5.69 Å². The van der Waals surface area contributed by atoms with Crippen molar-refractivity contribution in [3.8, 4) is 5.69 Å². The molecular formula is C10H13N5O2S. The van der Waals surface area contributed by atoms with E-state index in [0.29, 0.717) is 5.69 Å². The third-order valence-electron chi connectivity index (χ3n) is 2.45. The van der Waals surface area contributed by atoms with Gasteiger partial charge in [-0.05, 0) is 48.0 Å². The molecule has 96 valence electrons. The van der Waals surface area contributed by atoms with Crippen molar-refractivity contribution in [2.45, 2.75) is 13.8 Å². The van der Waals surface area contributed by atoms with Gasteiger partial charge in [0, 0.05) is 5.69 Å². The number of hydrogen-bond acceptors (Lipinski definition) is 5. The van der Waals surface area contributed by atoms with E-state index in [1.807, 2.05) is 6.92 Å². The average Bonchev–Trinajstić information content (AvgIpc) is 2.82. The van der Waals surface area contributed by atoms with E-state index in [2.05, 4.69) is 20.2 Å². The first-order chi connectivity index (χ1) is 8.52. The fourth-order valence-electron chi connectivity index (χ4n) is 1.50. The number of aryl methyl sites for hydroxylation is 1. The molecule has 1 N–H and O–H groups in total. The molecule has 18 heavy (non-hydrogen) atoms. The molecule has 1 aromatic carbocycles. The molecule has 1 heterocycles. The minimum absolute atomic E-state index is 0.0425. The van der Waals surface area contributed by atoms with Crippen molar-refractivity contribution in [2.24, 2.45) is 0 Å². The van der Waals surface area contributed by atoms with Crippen molar-refractivity contribution < 1.29 is 8.42 Å². The minimum atomic E-state index is -3.25. The molecular weight excluding hydrogens is 254 g/mol. The largest absolute Gasteiger partial charge is 0.284 e. The summed E-state index contributed by atoms with van der Waals surface area (Å²) in [4.78, 5) is 0. The second-order valence-corrected chi connectivity index (χ2v) is 5.77. The highest BCUT2D eigenvalue weighted by Gasteiger charge is 2.09. The van der Waals surface area contributed by atoms with Crippen molar-refractivity contribution in [1.29, 1.82) is 0 Å². The molecule has 0 unspecified atom stereocenters. The molecule has 0 aliphatic rings. The summed E-state index contributed by atoms with van der Waals surface area (Å²) in [5.41, 5.74) is 2.21. The Bertz CT molecular complexity index is 636. The summed E-state index contributed by atoms with van der Waals surface area (Å²) in [6.07, 6.45) is 1.48. The van der Waals surface area contributed by atoms with E-state index in [-0.39, 0.29) is 5.75 Å². The van der Waals surface area contributed by atoms with Crippen LogP contribution in [0.2, 0.25) is 0 Å². The van der Waals surface area contributed by atoms with E-state index in [0.717, 1.165) is 11.3 Å². The highest BCUT2D eigenvalue weighted by Crippen LogP contribution is 2.18. The number of benzene rings is 1. The number of sulfonamides is 1. The SMILES string of the molecule is CCS(=O)(=O)Nc1ccc(-n2cnnn2)c(C)c1. The monoisotopic (exact) mass is 267 g/mol. The fraction of sp³-hybridized carbons (Fsp3) is 0.300. The van der Waals surface area contributed by atoms with Crippen molar-refractivity contribution in [2.75, 3.05) is 10.5 Å². The zero-order valence-electron chi connectivity index (χ0n) is 10.0. The van der Waals surface area contributed by atoms with Gasteiger partial charge >= 0.3 is 0 Å². The minimum Gasteiger partial charge on any atom is -0.284 e. The molecule has 0 bridgehead atoms. The first-order valence-electron chi connectivity index (χ1n) is 5.36. The number of tetrazole rings is 1. The standard InChI is InChI=1S/C10H13N5O2S/c1-3-18(16,17)12-9-4-5-10(8(2)6-9)15-7-11-13-14-15/h4-7,12H,3H2,1-2H3. The highest BCUT2D eigenvalue weighted by molar-refractivity contribution is 7.92. The van der Waals surface area contributed by atoms with Gasteiger partial charge in [-0.1, -0.05) is 0 Å². The van der Waals surface area contributed by atoms with Gasteiger partial charge < -0.3 is 0 Å². The van der Waals surface area contributed by atoms with Gasteiger partial charge in [-0.25, -0.2) is 13.1 Å². The van der Waals surface area contributed by atoms with Crippen molar-refractivity contribution in [1.82, 2.24) is 20.2 Å². The second-order valence-electron chi connectivity index (χ2n) is 3.76. The summed E-state index contributed by atoms with van der Waals surface area (Å²) >= 11 is 0. The van der Waals surface area contributed by atoms with Crippen LogP contribution in [0.3, 0.4) is 0 Å².